The maximum absolute atomic E-state index is 6.24. The Bertz CT molecular complexity index is 381. The third-order valence-electron chi connectivity index (χ3n) is 3.46. The molecule has 1 aromatic rings. The van der Waals surface area contributed by atoms with Crippen LogP contribution in [0.25, 0.3) is 0 Å². The Morgan fingerprint density at radius 1 is 1.39 bits per heavy atom. The molecule has 1 saturated heterocycles. The molecule has 1 heterocycles. The SMILES string of the molecule is CC(C)N[C@H]1CCOC[C@H]1Cc1ccccc1Cl. The van der Waals surface area contributed by atoms with Gasteiger partial charge in [0.1, 0.15) is 0 Å². The molecule has 0 amide bonds. The molecule has 2 atom stereocenters. The Hall–Kier alpha value is -0.570. The van der Waals surface area contributed by atoms with Crippen molar-refractivity contribution in [1.82, 2.24) is 5.32 Å². The maximum atomic E-state index is 6.24. The van der Waals surface area contributed by atoms with E-state index < -0.39 is 0 Å². The van der Waals surface area contributed by atoms with Crippen molar-refractivity contribution in [3.8, 4) is 0 Å². The van der Waals surface area contributed by atoms with E-state index in [1.54, 1.807) is 0 Å². The summed E-state index contributed by atoms with van der Waals surface area (Å²) in [6, 6.07) is 9.16. The fraction of sp³-hybridized carbons (Fsp3) is 0.600. The zero-order valence-electron chi connectivity index (χ0n) is 11.2. The van der Waals surface area contributed by atoms with Gasteiger partial charge in [-0.25, -0.2) is 0 Å². The molecule has 0 radical (unpaired) electrons. The second-order valence-electron chi connectivity index (χ2n) is 5.35. The van der Waals surface area contributed by atoms with Crippen LogP contribution in [0, 0.1) is 5.92 Å². The molecule has 2 rings (SSSR count). The Kier molecular flexibility index (Phi) is 5.04. The molecule has 1 aliphatic heterocycles. The average Bonchev–Trinajstić information content (AvgIpc) is 2.34. The van der Waals surface area contributed by atoms with Gasteiger partial charge in [-0.3, -0.25) is 0 Å². The molecule has 2 nitrogen and oxygen atoms in total. The molecule has 0 aromatic heterocycles. The standard InChI is InChI=1S/C15H22ClNO/c1-11(2)17-15-7-8-18-10-13(15)9-12-5-3-4-6-14(12)16/h3-6,11,13,15,17H,7-10H2,1-2H3/t13-,15+/m1/s1. The molecule has 0 saturated carbocycles. The lowest BCUT2D eigenvalue weighted by Gasteiger charge is -2.34. The van der Waals surface area contributed by atoms with Crippen LogP contribution in [-0.2, 0) is 11.2 Å². The van der Waals surface area contributed by atoms with Crippen molar-refractivity contribution >= 4 is 11.6 Å². The lowest BCUT2D eigenvalue weighted by molar-refractivity contribution is 0.0300. The van der Waals surface area contributed by atoms with Gasteiger partial charge in [0.25, 0.3) is 0 Å². The van der Waals surface area contributed by atoms with E-state index in [2.05, 4.69) is 31.3 Å². The topological polar surface area (TPSA) is 21.3 Å². The van der Waals surface area contributed by atoms with Crippen LogP contribution in [0.5, 0.6) is 0 Å². The monoisotopic (exact) mass is 267 g/mol. The fourth-order valence-electron chi connectivity index (χ4n) is 2.59. The molecule has 1 fully saturated rings. The summed E-state index contributed by atoms with van der Waals surface area (Å²) in [5.41, 5.74) is 1.23. The van der Waals surface area contributed by atoms with Gasteiger partial charge in [-0.2, -0.15) is 0 Å². The lowest BCUT2D eigenvalue weighted by Crippen LogP contribution is -2.46. The van der Waals surface area contributed by atoms with Crippen LogP contribution in [0.3, 0.4) is 0 Å². The number of hydrogen-bond acceptors (Lipinski definition) is 2. The minimum atomic E-state index is 0.515. The minimum absolute atomic E-state index is 0.515. The highest BCUT2D eigenvalue weighted by Gasteiger charge is 2.26. The first kappa shape index (κ1) is 13.9. The first-order valence-electron chi connectivity index (χ1n) is 6.74. The summed E-state index contributed by atoms with van der Waals surface area (Å²) in [5, 5.41) is 4.52. The largest absolute Gasteiger partial charge is 0.381 e. The Labute approximate surface area is 115 Å². The highest BCUT2D eigenvalue weighted by molar-refractivity contribution is 6.31. The highest BCUT2D eigenvalue weighted by Crippen LogP contribution is 2.24. The first-order valence-corrected chi connectivity index (χ1v) is 7.12. The van der Waals surface area contributed by atoms with E-state index in [4.69, 9.17) is 16.3 Å². The Morgan fingerprint density at radius 2 is 2.17 bits per heavy atom. The van der Waals surface area contributed by atoms with E-state index in [0.717, 1.165) is 31.1 Å². The van der Waals surface area contributed by atoms with Gasteiger partial charge in [0, 0.05) is 29.6 Å². The molecule has 0 aliphatic carbocycles. The summed E-state index contributed by atoms with van der Waals surface area (Å²) in [6.07, 6.45) is 2.08. The zero-order valence-corrected chi connectivity index (χ0v) is 11.9. The van der Waals surface area contributed by atoms with Gasteiger partial charge < -0.3 is 10.1 Å². The van der Waals surface area contributed by atoms with Gasteiger partial charge >= 0.3 is 0 Å². The first-order chi connectivity index (χ1) is 8.66. The summed E-state index contributed by atoms with van der Waals surface area (Å²) in [6.45, 7) is 6.09. The van der Waals surface area contributed by atoms with Crippen molar-refractivity contribution in [2.45, 2.75) is 38.8 Å². The number of halogens is 1. The summed E-state index contributed by atoms with van der Waals surface area (Å²) < 4.78 is 5.62. The number of ether oxygens (including phenoxy) is 1. The number of nitrogens with one attached hydrogen (secondary N) is 1. The van der Waals surface area contributed by atoms with Crippen molar-refractivity contribution in [2.75, 3.05) is 13.2 Å². The van der Waals surface area contributed by atoms with Gasteiger partial charge in [0.05, 0.1) is 6.61 Å². The summed E-state index contributed by atoms with van der Waals surface area (Å²) in [5.74, 6) is 0.515. The van der Waals surface area contributed by atoms with E-state index in [1.807, 2.05) is 12.1 Å². The molecule has 0 spiro atoms. The number of rotatable bonds is 4. The van der Waals surface area contributed by atoms with Crippen LogP contribution in [0.15, 0.2) is 24.3 Å². The lowest BCUT2D eigenvalue weighted by atomic mass is 9.89. The third kappa shape index (κ3) is 3.71. The van der Waals surface area contributed by atoms with Crippen molar-refractivity contribution < 1.29 is 4.74 Å². The van der Waals surface area contributed by atoms with Crippen LogP contribution in [0.1, 0.15) is 25.8 Å². The molecule has 3 heteroatoms. The zero-order chi connectivity index (χ0) is 13.0. The molecular formula is C15H22ClNO. The molecule has 1 N–H and O–H groups in total. The average molecular weight is 268 g/mol. The normalized spacial score (nSPS) is 24.4. The van der Waals surface area contributed by atoms with Gasteiger partial charge in [0.2, 0.25) is 0 Å². The smallest absolute Gasteiger partial charge is 0.0512 e. The van der Waals surface area contributed by atoms with Crippen molar-refractivity contribution in [2.24, 2.45) is 5.92 Å². The van der Waals surface area contributed by atoms with Crippen LogP contribution < -0.4 is 5.32 Å². The number of benzene rings is 1. The van der Waals surface area contributed by atoms with E-state index >= 15 is 0 Å². The van der Waals surface area contributed by atoms with Crippen molar-refractivity contribution in [3.63, 3.8) is 0 Å². The number of hydrogen-bond donors (Lipinski definition) is 1. The van der Waals surface area contributed by atoms with Crippen molar-refractivity contribution in [1.29, 1.82) is 0 Å². The summed E-state index contributed by atoms with van der Waals surface area (Å²) in [4.78, 5) is 0. The van der Waals surface area contributed by atoms with Crippen LogP contribution in [0.4, 0.5) is 0 Å². The van der Waals surface area contributed by atoms with Gasteiger partial charge in [-0.15, -0.1) is 0 Å². The second kappa shape index (κ2) is 6.55. The maximum Gasteiger partial charge on any atom is 0.0512 e. The molecule has 1 aliphatic rings. The van der Waals surface area contributed by atoms with E-state index in [0.29, 0.717) is 18.0 Å². The third-order valence-corrected chi connectivity index (χ3v) is 3.83. The van der Waals surface area contributed by atoms with Gasteiger partial charge in [-0.05, 0) is 24.5 Å². The van der Waals surface area contributed by atoms with E-state index in [1.165, 1.54) is 5.56 Å². The quantitative estimate of drug-likeness (QED) is 0.904. The highest BCUT2D eigenvalue weighted by atomic mass is 35.5. The van der Waals surface area contributed by atoms with E-state index in [-0.39, 0.29) is 0 Å². The molecule has 18 heavy (non-hydrogen) atoms. The molecule has 100 valence electrons. The minimum Gasteiger partial charge on any atom is -0.381 e. The Balaban J connectivity index is 2.03. The molecule has 1 aromatic carbocycles. The molecule has 0 bridgehead atoms. The van der Waals surface area contributed by atoms with Crippen LogP contribution in [-0.4, -0.2) is 25.3 Å². The fourth-order valence-corrected chi connectivity index (χ4v) is 2.80. The van der Waals surface area contributed by atoms with Crippen LogP contribution >= 0.6 is 11.6 Å². The summed E-state index contributed by atoms with van der Waals surface area (Å²) >= 11 is 6.24. The summed E-state index contributed by atoms with van der Waals surface area (Å²) in [7, 11) is 0. The molecular weight excluding hydrogens is 246 g/mol. The van der Waals surface area contributed by atoms with Crippen LogP contribution in [0.2, 0.25) is 5.02 Å². The Morgan fingerprint density at radius 3 is 2.89 bits per heavy atom. The predicted molar refractivity (Wildman–Crippen MR) is 76.1 cm³/mol. The predicted octanol–water partition coefficient (Wildman–Crippen LogP) is 3.29. The molecule has 0 unspecified atom stereocenters. The van der Waals surface area contributed by atoms with E-state index in [9.17, 15) is 0 Å². The van der Waals surface area contributed by atoms with Gasteiger partial charge in [-0.1, -0.05) is 43.6 Å². The van der Waals surface area contributed by atoms with Gasteiger partial charge in [0.15, 0.2) is 0 Å². The second-order valence-corrected chi connectivity index (χ2v) is 5.75. The van der Waals surface area contributed by atoms with Crippen molar-refractivity contribution in [3.05, 3.63) is 34.9 Å².